The third-order valence-electron chi connectivity index (χ3n) is 2.30. The molecule has 16 heavy (non-hydrogen) atoms. The Hall–Kier alpha value is -1.53. The molecule has 0 spiro atoms. The van der Waals surface area contributed by atoms with Gasteiger partial charge in [0.1, 0.15) is 5.75 Å². The Morgan fingerprint density at radius 2 is 2.06 bits per heavy atom. The quantitative estimate of drug-likeness (QED) is 0.589. The number of aliphatic hydroxyl groups excluding tert-OH is 1. The Morgan fingerprint density at radius 3 is 2.62 bits per heavy atom. The molecule has 0 heterocycles. The molecule has 0 saturated carbocycles. The molecule has 0 radical (unpaired) electrons. The summed E-state index contributed by atoms with van der Waals surface area (Å²) in [6.45, 7) is 9.63. The highest BCUT2D eigenvalue weighted by atomic mass is 16.5. The zero-order valence-electron chi connectivity index (χ0n) is 9.52. The van der Waals surface area contributed by atoms with Gasteiger partial charge in [-0.15, -0.1) is 0 Å². The van der Waals surface area contributed by atoms with E-state index >= 15 is 0 Å². The van der Waals surface area contributed by atoms with E-state index in [1.807, 2.05) is 12.1 Å². The zero-order chi connectivity index (χ0) is 11.8. The molecule has 0 aliphatic carbocycles. The summed E-state index contributed by atoms with van der Waals surface area (Å²) in [6, 6.07) is 7.27. The van der Waals surface area contributed by atoms with Gasteiger partial charge in [-0.05, 0) is 24.1 Å². The molecule has 1 aromatic carbocycles. The first kappa shape index (κ1) is 12.5. The van der Waals surface area contributed by atoms with Gasteiger partial charge in [0, 0.05) is 0 Å². The molecule has 1 unspecified atom stereocenters. The Morgan fingerprint density at radius 1 is 1.38 bits per heavy atom. The second-order valence-electron chi connectivity index (χ2n) is 3.63. The first-order valence-corrected chi connectivity index (χ1v) is 5.52. The van der Waals surface area contributed by atoms with Gasteiger partial charge in [-0.3, -0.25) is 0 Å². The molecular weight excluding hydrogens is 202 g/mol. The molecule has 0 saturated heterocycles. The fourth-order valence-electron chi connectivity index (χ4n) is 1.31. The van der Waals surface area contributed by atoms with Crippen LogP contribution in [0.5, 0.6) is 5.75 Å². The van der Waals surface area contributed by atoms with Gasteiger partial charge in [0.25, 0.3) is 0 Å². The van der Waals surface area contributed by atoms with Crippen molar-refractivity contribution in [3.63, 3.8) is 0 Å². The SMILES string of the molecule is [C-]#[N+]CC(O)c1ccc(OCCCC)cc1. The Labute approximate surface area is 96.5 Å². The molecule has 0 aliphatic rings. The van der Waals surface area contributed by atoms with Gasteiger partial charge in [0.2, 0.25) is 6.54 Å². The molecule has 1 N–H and O–H groups in total. The Bertz CT molecular complexity index is 340. The Kier molecular flexibility index (Phi) is 5.38. The van der Waals surface area contributed by atoms with Gasteiger partial charge in [-0.2, -0.15) is 0 Å². The van der Waals surface area contributed by atoms with E-state index in [0.717, 1.165) is 30.8 Å². The van der Waals surface area contributed by atoms with E-state index in [4.69, 9.17) is 11.3 Å². The number of aliphatic hydroxyl groups is 1. The molecule has 0 fully saturated rings. The normalized spacial score (nSPS) is 11.8. The second-order valence-corrected chi connectivity index (χ2v) is 3.63. The van der Waals surface area contributed by atoms with Crippen molar-refractivity contribution < 1.29 is 9.84 Å². The Balaban J connectivity index is 2.51. The van der Waals surface area contributed by atoms with Gasteiger partial charge in [-0.1, -0.05) is 25.5 Å². The zero-order valence-corrected chi connectivity index (χ0v) is 9.52. The van der Waals surface area contributed by atoms with E-state index in [-0.39, 0.29) is 6.54 Å². The van der Waals surface area contributed by atoms with E-state index in [0.29, 0.717) is 0 Å². The van der Waals surface area contributed by atoms with Crippen LogP contribution in [-0.2, 0) is 0 Å². The molecular formula is C13H17NO2. The summed E-state index contributed by atoms with van der Waals surface area (Å²) in [7, 11) is 0. The van der Waals surface area contributed by atoms with Crippen molar-refractivity contribution in [1.82, 2.24) is 0 Å². The van der Waals surface area contributed by atoms with Crippen LogP contribution in [0.3, 0.4) is 0 Å². The van der Waals surface area contributed by atoms with Crippen LogP contribution >= 0.6 is 0 Å². The van der Waals surface area contributed by atoms with Crippen LogP contribution in [0.1, 0.15) is 31.4 Å². The minimum atomic E-state index is -0.692. The molecule has 0 aliphatic heterocycles. The van der Waals surface area contributed by atoms with Crippen molar-refractivity contribution in [3.05, 3.63) is 41.2 Å². The minimum Gasteiger partial charge on any atom is -0.494 e. The van der Waals surface area contributed by atoms with Crippen LogP contribution in [0.4, 0.5) is 0 Å². The lowest BCUT2D eigenvalue weighted by Crippen LogP contribution is -2.00. The van der Waals surface area contributed by atoms with Crippen LogP contribution in [-0.4, -0.2) is 18.3 Å². The van der Waals surface area contributed by atoms with Crippen molar-refractivity contribution in [3.8, 4) is 5.75 Å². The number of hydrogen-bond acceptors (Lipinski definition) is 2. The summed E-state index contributed by atoms with van der Waals surface area (Å²) in [5, 5.41) is 9.57. The average Bonchev–Trinajstić information content (AvgIpc) is 2.30. The molecule has 1 atom stereocenters. The number of unbranched alkanes of at least 4 members (excludes halogenated alkanes) is 1. The number of hydrogen-bond donors (Lipinski definition) is 1. The van der Waals surface area contributed by atoms with E-state index < -0.39 is 6.10 Å². The van der Waals surface area contributed by atoms with Crippen molar-refractivity contribution in [2.75, 3.05) is 13.2 Å². The monoisotopic (exact) mass is 219 g/mol. The maximum Gasteiger partial charge on any atom is 0.244 e. The van der Waals surface area contributed by atoms with Crippen molar-refractivity contribution in [2.24, 2.45) is 0 Å². The maximum atomic E-state index is 9.57. The second kappa shape index (κ2) is 6.86. The summed E-state index contributed by atoms with van der Waals surface area (Å²) in [5.74, 6) is 0.812. The first-order chi connectivity index (χ1) is 7.77. The minimum absolute atomic E-state index is 0.107. The van der Waals surface area contributed by atoms with E-state index in [2.05, 4.69) is 11.8 Å². The molecule has 1 aromatic rings. The molecule has 0 bridgehead atoms. The highest BCUT2D eigenvalue weighted by Gasteiger charge is 2.09. The molecule has 0 amide bonds. The summed E-state index contributed by atoms with van der Waals surface area (Å²) in [5.41, 5.74) is 0.763. The number of ether oxygens (including phenoxy) is 1. The lowest BCUT2D eigenvalue weighted by atomic mass is 10.1. The number of nitrogens with zero attached hydrogens (tertiary/aromatic N) is 1. The molecule has 3 nitrogen and oxygen atoms in total. The predicted molar refractivity (Wildman–Crippen MR) is 63.3 cm³/mol. The van der Waals surface area contributed by atoms with Crippen molar-refractivity contribution in [1.29, 1.82) is 0 Å². The number of benzene rings is 1. The van der Waals surface area contributed by atoms with Gasteiger partial charge in [0.15, 0.2) is 6.10 Å². The highest BCUT2D eigenvalue weighted by Crippen LogP contribution is 2.18. The van der Waals surface area contributed by atoms with E-state index in [1.165, 1.54) is 0 Å². The van der Waals surface area contributed by atoms with Gasteiger partial charge in [0.05, 0.1) is 6.61 Å². The third kappa shape index (κ3) is 3.92. The van der Waals surface area contributed by atoms with Crippen LogP contribution < -0.4 is 4.74 Å². The topological polar surface area (TPSA) is 33.8 Å². The smallest absolute Gasteiger partial charge is 0.244 e. The lowest BCUT2D eigenvalue weighted by Gasteiger charge is -2.07. The lowest BCUT2D eigenvalue weighted by molar-refractivity contribution is 0.195. The van der Waals surface area contributed by atoms with Gasteiger partial charge in [-0.25, -0.2) is 6.57 Å². The number of rotatable bonds is 6. The summed E-state index contributed by atoms with van der Waals surface area (Å²) in [4.78, 5) is 3.16. The highest BCUT2D eigenvalue weighted by molar-refractivity contribution is 5.28. The van der Waals surface area contributed by atoms with Crippen molar-refractivity contribution >= 4 is 0 Å². The predicted octanol–water partition coefficient (Wildman–Crippen LogP) is 2.82. The standard InChI is InChI=1S/C13H17NO2/c1-3-4-9-16-12-7-5-11(6-8-12)13(15)10-14-2/h5-8,13,15H,3-4,9-10H2,1H3. The van der Waals surface area contributed by atoms with E-state index in [9.17, 15) is 5.11 Å². The fraction of sp³-hybridized carbons (Fsp3) is 0.462. The first-order valence-electron chi connectivity index (χ1n) is 5.52. The fourth-order valence-corrected chi connectivity index (χ4v) is 1.31. The molecule has 0 aromatic heterocycles. The van der Waals surface area contributed by atoms with E-state index in [1.54, 1.807) is 12.1 Å². The van der Waals surface area contributed by atoms with Gasteiger partial charge < -0.3 is 14.7 Å². The largest absolute Gasteiger partial charge is 0.494 e. The van der Waals surface area contributed by atoms with Crippen LogP contribution in [0.25, 0.3) is 4.85 Å². The van der Waals surface area contributed by atoms with Crippen LogP contribution in [0, 0.1) is 6.57 Å². The third-order valence-corrected chi connectivity index (χ3v) is 2.30. The summed E-state index contributed by atoms with van der Waals surface area (Å²) >= 11 is 0. The molecule has 1 rings (SSSR count). The maximum absolute atomic E-state index is 9.57. The van der Waals surface area contributed by atoms with Crippen LogP contribution in [0.2, 0.25) is 0 Å². The molecule has 3 heteroatoms. The van der Waals surface area contributed by atoms with Crippen LogP contribution in [0.15, 0.2) is 24.3 Å². The summed E-state index contributed by atoms with van der Waals surface area (Å²) < 4.78 is 5.50. The van der Waals surface area contributed by atoms with Gasteiger partial charge >= 0.3 is 0 Å². The summed E-state index contributed by atoms with van der Waals surface area (Å²) in [6.07, 6.45) is 1.46. The van der Waals surface area contributed by atoms with Crippen molar-refractivity contribution in [2.45, 2.75) is 25.9 Å². The molecule has 86 valence electrons. The average molecular weight is 219 g/mol.